The van der Waals surface area contributed by atoms with Crippen LogP contribution in [0.15, 0.2) is 59.6 Å². The molecule has 0 aliphatic rings. The molecule has 124 valence electrons. The molecule has 1 heterocycles. The Morgan fingerprint density at radius 1 is 0.958 bits per heavy atom. The first-order valence-corrected chi connectivity index (χ1v) is 9.39. The average molecular weight is 339 g/mol. The fraction of sp³-hybridized carbons (Fsp3) is 0.263. The molecule has 0 bridgehead atoms. The van der Waals surface area contributed by atoms with Gasteiger partial charge in [-0.1, -0.05) is 68.4 Å². The van der Waals surface area contributed by atoms with Gasteiger partial charge >= 0.3 is 0 Å². The van der Waals surface area contributed by atoms with Gasteiger partial charge in [-0.3, -0.25) is 4.21 Å². The summed E-state index contributed by atoms with van der Waals surface area (Å²) in [6.45, 7) is 6.55. The van der Waals surface area contributed by atoms with Gasteiger partial charge in [0.25, 0.3) is 0 Å². The van der Waals surface area contributed by atoms with Gasteiger partial charge in [-0.15, -0.1) is 5.10 Å². The van der Waals surface area contributed by atoms with E-state index in [1.165, 1.54) is 5.56 Å². The Morgan fingerprint density at radius 2 is 1.58 bits per heavy atom. The Hall–Kier alpha value is -2.27. The summed E-state index contributed by atoms with van der Waals surface area (Å²) in [4.78, 5) is 0. The molecule has 24 heavy (non-hydrogen) atoms. The van der Waals surface area contributed by atoms with E-state index >= 15 is 0 Å². The largest absolute Gasteiger partial charge is 0.253 e. The van der Waals surface area contributed by atoms with E-state index in [0.717, 1.165) is 16.9 Å². The summed E-state index contributed by atoms with van der Waals surface area (Å²) >= 11 is 0. The molecule has 1 atom stereocenters. The second-order valence-corrected chi connectivity index (χ2v) is 8.07. The molecule has 0 aliphatic heterocycles. The van der Waals surface area contributed by atoms with E-state index < -0.39 is 10.8 Å². The topological polar surface area (TPSA) is 47.8 Å². The second kappa shape index (κ2) is 6.32. The minimum Gasteiger partial charge on any atom is -0.253 e. The smallest absolute Gasteiger partial charge is 0.177 e. The molecular weight excluding hydrogens is 318 g/mol. The first-order valence-electron chi connectivity index (χ1n) is 7.83. The van der Waals surface area contributed by atoms with Gasteiger partial charge in [0.1, 0.15) is 5.69 Å². The summed E-state index contributed by atoms with van der Waals surface area (Å²) in [6.07, 6.45) is 1.63. The lowest BCUT2D eigenvalue weighted by atomic mass is 9.86. The molecule has 5 heteroatoms. The molecule has 0 radical (unpaired) electrons. The van der Waals surface area contributed by atoms with Gasteiger partial charge < -0.3 is 0 Å². The molecule has 0 saturated carbocycles. The maximum Gasteiger partial charge on any atom is 0.177 e. The van der Waals surface area contributed by atoms with Crippen molar-refractivity contribution in [1.82, 2.24) is 15.0 Å². The van der Waals surface area contributed by atoms with Crippen LogP contribution in [-0.2, 0) is 16.2 Å². The Labute approximate surface area is 145 Å². The summed E-state index contributed by atoms with van der Waals surface area (Å²) in [5.74, 6) is 0. The van der Waals surface area contributed by atoms with E-state index in [4.69, 9.17) is 0 Å². The Balaban J connectivity index is 2.16. The van der Waals surface area contributed by atoms with Crippen molar-refractivity contribution < 1.29 is 4.21 Å². The Bertz CT molecular complexity index is 862. The van der Waals surface area contributed by atoms with Crippen molar-refractivity contribution in [3.63, 3.8) is 0 Å². The van der Waals surface area contributed by atoms with Gasteiger partial charge in [-0.25, -0.2) is 4.68 Å². The quantitative estimate of drug-likeness (QED) is 0.725. The zero-order chi connectivity index (χ0) is 17.3. The SMILES string of the molecule is CS(=O)c1nnn(-c2ccccc2)c1-c1ccc(C(C)(C)C)cc1. The van der Waals surface area contributed by atoms with E-state index in [1.54, 1.807) is 10.9 Å². The zero-order valence-corrected chi connectivity index (χ0v) is 15.2. The summed E-state index contributed by atoms with van der Waals surface area (Å²) in [7, 11) is -1.21. The number of hydrogen-bond acceptors (Lipinski definition) is 3. The Kier molecular flexibility index (Phi) is 4.37. The lowest BCUT2D eigenvalue weighted by molar-refractivity contribution is 0.590. The predicted octanol–water partition coefficient (Wildman–Crippen LogP) is 3.97. The van der Waals surface area contributed by atoms with E-state index in [0.29, 0.717) is 5.03 Å². The van der Waals surface area contributed by atoms with Crippen molar-refractivity contribution >= 4 is 10.8 Å². The highest BCUT2D eigenvalue weighted by atomic mass is 32.2. The lowest BCUT2D eigenvalue weighted by Crippen LogP contribution is -2.10. The van der Waals surface area contributed by atoms with Gasteiger partial charge in [-0.05, 0) is 23.1 Å². The third-order valence-electron chi connectivity index (χ3n) is 3.94. The molecule has 0 saturated heterocycles. The predicted molar refractivity (Wildman–Crippen MR) is 97.8 cm³/mol. The van der Waals surface area contributed by atoms with Crippen molar-refractivity contribution in [3.05, 3.63) is 60.2 Å². The third kappa shape index (κ3) is 3.17. The molecule has 0 amide bonds. The molecule has 1 unspecified atom stereocenters. The minimum atomic E-state index is -1.21. The minimum absolute atomic E-state index is 0.0901. The number of nitrogens with zero attached hydrogens (tertiary/aromatic N) is 3. The molecular formula is C19H21N3OS. The van der Waals surface area contributed by atoms with Crippen LogP contribution in [0.5, 0.6) is 0 Å². The van der Waals surface area contributed by atoms with Crippen LogP contribution in [0.25, 0.3) is 16.9 Å². The van der Waals surface area contributed by atoms with Crippen molar-refractivity contribution in [2.24, 2.45) is 0 Å². The summed E-state index contributed by atoms with van der Waals surface area (Å²) < 4.78 is 13.9. The average Bonchev–Trinajstić information content (AvgIpc) is 3.00. The number of benzene rings is 2. The fourth-order valence-corrected chi connectivity index (χ4v) is 3.21. The van der Waals surface area contributed by atoms with E-state index in [2.05, 4.69) is 55.3 Å². The molecule has 0 N–H and O–H groups in total. The number of hydrogen-bond donors (Lipinski definition) is 0. The van der Waals surface area contributed by atoms with Gasteiger partial charge in [0.2, 0.25) is 0 Å². The summed E-state index contributed by atoms with van der Waals surface area (Å²) in [6, 6.07) is 18.1. The molecule has 0 aliphatic carbocycles. The van der Waals surface area contributed by atoms with Gasteiger partial charge in [0, 0.05) is 11.8 Å². The van der Waals surface area contributed by atoms with Gasteiger partial charge in [0.15, 0.2) is 5.03 Å². The summed E-state index contributed by atoms with van der Waals surface area (Å²) in [5, 5.41) is 8.88. The van der Waals surface area contributed by atoms with E-state index in [1.807, 2.05) is 30.3 Å². The first-order chi connectivity index (χ1) is 11.4. The van der Waals surface area contributed by atoms with Crippen molar-refractivity contribution in [3.8, 4) is 16.9 Å². The molecule has 4 nitrogen and oxygen atoms in total. The van der Waals surface area contributed by atoms with Crippen LogP contribution in [0.4, 0.5) is 0 Å². The van der Waals surface area contributed by atoms with Gasteiger partial charge in [-0.2, -0.15) is 0 Å². The fourth-order valence-electron chi connectivity index (χ4n) is 2.59. The molecule has 2 aromatic carbocycles. The molecule has 1 aromatic heterocycles. The van der Waals surface area contributed by atoms with Crippen LogP contribution in [0.2, 0.25) is 0 Å². The highest BCUT2D eigenvalue weighted by Gasteiger charge is 2.20. The number of para-hydroxylation sites is 1. The van der Waals surface area contributed by atoms with E-state index in [-0.39, 0.29) is 5.41 Å². The number of rotatable bonds is 3. The Morgan fingerprint density at radius 3 is 2.12 bits per heavy atom. The third-order valence-corrected chi connectivity index (χ3v) is 4.76. The maximum atomic E-state index is 12.1. The van der Waals surface area contributed by atoms with Crippen molar-refractivity contribution in [2.45, 2.75) is 31.2 Å². The lowest BCUT2D eigenvalue weighted by Gasteiger charge is -2.19. The van der Waals surface area contributed by atoms with Crippen LogP contribution in [0.1, 0.15) is 26.3 Å². The maximum absolute atomic E-state index is 12.1. The molecule has 3 rings (SSSR count). The van der Waals surface area contributed by atoms with Crippen LogP contribution in [0, 0.1) is 0 Å². The standard InChI is InChI=1S/C19H21N3OS/c1-19(2,3)15-12-10-14(11-13-15)17-18(24(4)23)20-21-22(17)16-8-6-5-7-9-16/h5-13H,1-4H3. The molecule has 3 aromatic rings. The van der Waals surface area contributed by atoms with Crippen LogP contribution >= 0.6 is 0 Å². The normalized spacial score (nSPS) is 13.0. The summed E-state index contributed by atoms with van der Waals surface area (Å²) in [5.41, 5.74) is 3.98. The molecule has 0 fully saturated rings. The van der Waals surface area contributed by atoms with Crippen molar-refractivity contribution in [2.75, 3.05) is 6.26 Å². The zero-order valence-electron chi connectivity index (χ0n) is 14.4. The highest BCUT2D eigenvalue weighted by molar-refractivity contribution is 7.84. The van der Waals surface area contributed by atoms with Gasteiger partial charge in [0.05, 0.1) is 16.5 Å². The van der Waals surface area contributed by atoms with Crippen molar-refractivity contribution in [1.29, 1.82) is 0 Å². The highest BCUT2D eigenvalue weighted by Crippen LogP contribution is 2.29. The van der Waals surface area contributed by atoms with Crippen LogP contribution < -0.4 is 0 Å². The molecule has 0 spiro atoms. The monoisotopic (exact) mass is 339 g/mol. The second-order valence-electron chi connectivity index (χ2n) is 6.77. The van der Waals surface area contributed by atoms with Crippen LogP contribution in [-0.4, -0.2) is 25.5 Å². The number of aromatic nitrogens is 3. The first kappa shape index (κ1) is 16.6. The van der Waals surface area contributed by atoms with E-state index in [9.17, 15) is 4.21 Å². The van der Waals surface area contributed by atoms with Crippen LogP contribution in [0.3, 0.4) is 0 Å².